The maximum atomic E-state index is 14.3. The minimum absolute atomic E-state index is 0.0414. The van der Waals surface area contributed by atoms with Crippen LogP contribution < -0.4 is 15.4 Å². The molecule has 0 aromatic heterocycles. The van der Waals surface area contributed by atoms with Crippen LogP contribution in [0.1, 0.15) is 64.2 Å². The van der Waals surface area contributed by atoms with Crippen molar-refractivity contribution in [1.82, 2.24) is 10.6 Å². The van der Waals surface area contributed by atoms with Gasteiger partial charge in [0.1, 0.15) is 23.3 Å². The molecule has 49 heavy (non-hydrogen) atoms. The van der Waals surface area contributed by atoms with Crippen LogP contribution in [0.4, 0.5) is 0 Å². The van der Waals surface area contributed by atoms with E-state index in [0.29, 0.717) is 12.2 Å². The molecule has 2 aliphatic carbocycles. The highest BCUT2D eigenvalue weighted by atomic mass is 35.5. The van der Waals surface area contributed by atoms with E-state index in [9.17, 15) is 24.0 Å². The van der Waals surface area contributed by atoms with Crippen LogP contribution in [0.5, 0.6) is 5.75 Å². The zero-order valence-electron chi connectivity index (χ0n) is 29.1. The minimum Gasteiger partial charge on any atom is -0.474 e. The smallest absolute Gasteiger partial charge is 0.267 e. The largest absolute Gasteiger partial charge is 0.474 e. The van der Waals surface area contributed by atoms with E-state index in [0.717, 1.165) is 16.7 Å². The highest BCUT2D eigenvalue weighted by Crippen LogP contribution is 2.47. The Hall–Kier alpha value is -4.08. The fraction of sp³-hybridized carbons (Fsp3) is 0.462. The Morgan fingerprint density at radius 3 is 2.33 bits per heavy atom. The molecule has 6 atom stereocenters. The predicted octanol–water partition coefficient (Wildman–Crippen LogP) is 5.49. The third kappa shape index (κ3) is 6.51. The van der Waals surface area contributed by atoms with Gasteiger partial charge < -0.3 is 20.1 Å². The van der Waals surface area contributed by atoms with Crippen LogP contribution in [-0.4, -0.2) is 53.0 Å². The van der Waals surface area contributed by atoms with E-state index in [4.69, 9.17) is 21.1 Å². The van der Waals surface area contributed by atoms with Crippen molar-refractivity contribution in [2.24, 2.45) is 23.2 Å². The van der Waals surface area contributed by atoms with Crippen LogP contribution in [0.25, 0.3) is 0 Å². The molecule has 2 aromatic carbocycles. The number of halogens is 1. The first-order valence-corrected chi connectivity index (χ1v) is 17.2. The maximum Gasteiger partial charge on any atom is 0.267 e. The van der Waals surface area contributed by atoms with Crippen LogP contribution >= 0.6 is 11.6 Å². The van der Waals surface area contributed by atoms with Gasteiger partial charge in [-0.3, -0.25) is 24.0 Å². The van der Waals surface area contributed by atoms with E-state index < -0.39 is 63.7 Å². The van der Waals surface area contributed by atoms with Gasteiger partial charge in [-0.05, 0) is 56.9 Å². The summed E-state index contributed by atoms with van der Waals surface area (Å²) in [6, 6.07) is 15.0. The molecule has 9 nitrogen and oxygen atoms in total. The number of hydrogen-bond donors (Lipinski definition) is 2. The molecule has 0 bridgehead atoms. The van der Waals surface area contributed by atoms with E-state index in [1.807, 2.05) is 69.3 Å². The monoisotopic (exact) mass is 688 g/mol. The van der Waals surface area contributed by atoms with E-state index in [2.05, 4.69) is 10.6 Å². The first-order valence-electron chi connectivity index (χ1n) is 16.8. The van der Waals surface area contributed by atoms with Gasteiger partial charge >= 0.3 is 0 Å². The van der Waals surface area contributed by atoms with Crippen molar-refractivity contribution >= 4 is 40.8 Å². The van der Waals surface area contributed by atoms with Gasteiger partial charge in [0.25, 0.3) is 5.91 Å². The number of aryl methyl sites for hydroxylation is 2. The summed E-state index contributed by atoms with van der Waals surface area (Å²) in [7, 11) is 0. The summed E-state index contributed by atoms with van der Waals surface area (Å²) in [5.74, 6) is -6.21. The van der Waals surface area contributed by atoms with Gasteiger partial charge in [0.05, 0.1) is 16.9 Å². The molecular formula is C39H45ClN2O7. The highest BCUT2D eigenvalue weighted by molar-refractivity contribution is 6.32. The Morgan fingerprint density at radius 2 is 1.73 bits per heavy atom. The topological polar surface area (TPSA) is 128 Å². The Bertz CT molecular complexity index is 1740. The molecule has 2 fully saturated rings. The normalized spacial score (nSPS) is 27.2. The Morgan fingerprint density at radius 1 is 1.04 bits per heavy atom. The van der Waals surface area contributed by atoms with E-state index in [-0.39, 0.29) is 36.1 Å². The molecule has 2 aromatic rings. The molecule has 1 saturated carbocycles. The number of β-lactam (4-membered cyclic amide) rings is 1. The van der Waals surface area contributed by atoms with Crippen molar-refractivity contribution < 1.29 is 33.4 Å². The number of benzene rings is 2. The Labute approximate surface area is 292 Å². The summed E-state index contributed by atoms with van der Waals surface area (Å²) < 4.78 is 12.3. The molecule has 1 aliphatic heterocycles. The first-order chi connectivity index (χ1) is 23.1. The van der Waals surface area contributed by atoms with Crippen LogP contribution in [0, 0.1) is 37.0 Å². The number of allylic oxidation sites excluding steroid dienone is 2. The number of Topliss-reactive ketones (excluding diaryl/α,β-unsaturated/α-hetero) is 3. The fourth-order valence-corrected chi connectivity index (χ4v) is 7.51. The molecule has 6 unspecified atom stereocenters. The zero-order chi connectivity index (χ0) is 35.9. The quantitative estimate of drug-likeness (QED) is 0.236. The minimum atomic E-state index is -1.62. The molecule has 260 valence electrons. The maximum absolute atomic E-state index is 14.3. The van der Waals surface area contributed by atoms with Crippen molar-refractivity contribution in [3.8, 4) is 5.75 Å². The van der Waals surface area contributed by atoms with Crippen molar-refractivity contribution in [1.29, 1.82) is 0 Å². The molecule has 2 N–H and O–H groups in total. The highest BCUT2D eigenvalue weighted by Gasteiger charge is 2.67. The molecule has 3 aliphatic rings. The number of rotatable bonds is 11. The number of carbonyl (C=O) groups is 5. The summed E-state index contributed by atoms with van der Waals surface area (Å²) in [6.07, 6.45) is 2.85. The average molecular weight is 689 g/mol. The average Bonchev–Trinajstić information content (AvgIpc) is 3.26. The van der Waals surface area contributed by atoms with Crippen LogP contribution in [0.15, 0.2) is 71.4 Å². The molecule has 5 rings (SSSR count). The Kier molecular flexibility index (Phi) is 10.1. The van der Waals surface area contributed by atoms with Crippen molar-refractivity contribution in [2.75, 3.05) is 6.61 Å². The van der Waals surface area contributed by atoms with Gasteiger partial charge in [-0.1, -0.05) is 93.4 Å². The Balaban J connectivity index is 1.46. The summed E-state index contributed by atoms with van der Waals surface area (Å²) in [5.41, 5.74) is -0.448. The third-order valence-electron chi connectivity index (χ3n) is 9.98. The van der Waals surface area contributed by atoms with Crippen LogP contribution in [0.2, 0.25) is 0 Å². The summed E-state index contributed by atoms with van der Waals surface area (Å²) >= 11 is 6.67. The van der Waals surface area contributed by atoms with Crippen molar-refractivity contribution in [3.63, 3.8) is 0 Å². The molecule has 0 radical (unpaired) electrons. The SMILES string of the molecule is CCOC1C(=O)C(C(C(=O)NC2=C(Cl)C=CC3(C2)NC(=O)C3(CC)Oc2ccc(C)cc2C)C(=O)C(C)(C)C)C(=O)C1Cc1ccccc1. The van der Waals surface area contributed by atoms with Gasteiger partial charge in [0.15, 0.2) is 17.3 Å². The molecular weight excluding hydrogens is 644 g/mol. The number of nitrogens with one attached hydrogen (secondary N) is 2. The van der Waals surface area contributed by atoms with Crippen molar-refractivity contribution in [3.05, 3.63) is 88.1 Å². The lowest BCUT2D eigenvalue weighted by Gasteiger charge is -2.57. The van der Waals surface area contributed by atoms with Gasteiger partial charge in [-0.15, -0.1) is 0 Å². The predicted molar refractivity (Wildman–Crippen MR) is 186 cm³/mol. The zero-order valence-corrected chi connectivity index (χ0v) is 29.9. The van der Waals surface area contributed by atoms with E-state index >= 15 is 0 Å². The number of carbonyl (C=O) groups excluding carboxylic acids is 5. The second-order valence-corrected chi connectivity index (χ2v) is 14.8. The van der Waals surface area contributed by atoms with Crippen molar-refractivity contribution in [2.45, 2.75) is 85.0 Å². The lowest BCUT2D eigenvalue weighted by Crippen LogP contribution is -2.83. The summed E-state index contributed by atoms with van der Waals surface area (Å²) in [4.78, 5) is 69.8. The number of ketones is 3. The van der Waals surface area contributed by atoms with Gasteiger partial charge in [0, 0.05) is 24.1 Å². The van der Waals surface area contributed by atoms with Gasteiger partial charge in [-0.2, -0.15) is 0 Å². The first kappa shape index (κ1) is 36.2. The van der Waals surface area contributed by atoms with E-state index in [1.165, 1.54) is 0 Å². The molecule has 1 saturated heterocycles. The summed E-state index contributed by atoms with van der Waals surface area (Å²) in [6.45, 7) is 12.6. The molecule has 1 spiro atoms. The molecule has 10 heteroatoms. The molecule has 1 heterocycles. The lowest BCUT2D eigenvalue weighted by atomic mass is 9.65. The standard InChI is InChI=1S/C39H45ClN2O7/c1-8-39(49-28-16-15-22(3)19-23(28)4)36(47)42-38(39)18-17-26(40)27(21-38)41-35(46)30(34(45)37(5,6)7)29-31(43)25(33(32(29)44)48-9-2)20-24-13-11-10-12-14-24/h10-19,25,29-30,33H,8-9,20-21H2,1-7H3,(H,41,46)(H,42,47). The number of amides is 2. The molecule has 2 amide bonds. The van der Waals surface area contributed by atoms with Crippen LogP contribution in [-0.2, 0) is 35.1 Å². The fourth-order valence-electron chi connectivity index (χ4n) is 7.33. The second kappa shape index (κ2) is 13.7. The second-order valence-electron chi connectivity index (χ2n) is 14.3. The van der Waals surface area contributed by atoms with Gasteiger partial charge in [-0.25, -0.2) is 0 Å². The number of hydrogen-bond acceptors (Lipinski definition) is 7. The summed E-state index contributed by atoms with van der Waals surface area (Å²) in [5, 5.41) is 5.99. The van der Waals surface area contributed by atoms with E-state index in [1.54, 1.807) is 39.8 Å². The number of ether oxygens (including phenoxy) is 2. The van der Waals surface area contributed by atoms with Crippen LogP contribution in [0.3, 0.4) is 0 Å². The lowest BCUT2D eigenvalue weighted by molar-refractivity contribution is -0.165. The third-order valence-corrected chi connectivity index (χ3v) is 10.3. The van der Waals surface area contributed by atoms with Gasteiger partial charge in [0.2, 0.25) is 11.5 Å².